The van der Waals surface area contributed by atoms with Crippen molar-refractivity contribution in [2.45, 2.75) is 36.9 Å². The molecule has 0 aromatic heterocycles. The van der Waals surface area contributed by atoms with Gasteiger partial charge in [-0.25, -0.2) is 4.79 Å². The molecule has 0 aromatic carbocycles. The number of aliphatic hydroxyl groups is 2. The predicted molar refractivity (Wildman–Crippen MR) is 72.3 cm³/mol. The first-order valence-corrected chi connectivity index (χ1v) is 6.28. The summed E-state index contributed by atoms with van der Waals surface area (Å²) in [6.07, 6.45) is -5.00. The smallest absolute Gasteiger partial charge is 0.550 e. The van der Waals surface area contributed by atoms with Crippen molar-refractivity contribution >= 4 is 35.8 Å². The fraction of sp³-hybridized carbons (Fsp3) is 0.500. The molecule has 0 spiro atoms. The average molecular weight is 447 g/mol. The third kappa shape index (κ3) is 13.6. The van der Waals surface area contributed by atoms with Gasteiger partial charge in [-0.15, -0.1) is 0 Å². The topological polar surface area (TPSA) is 309 Å². The Kier molecular flexibility index (Phi) is 16.0. The number of aliphatic carboxylic acids is 6. The second kappa shape index (κ2) is 13.6. The minimum Gasteiger partial charge on any atom is -0.550 e. The largest absolute Gasteiger partial charge is 2.00 e. The minimum atomic E-state index is -2.97. The van der Waals surface area contributed by atoms with Crippen LogP contribution < -0.4 is 21.5 Å². The van der Waals surface area contributed by atoms with Gasteiger partial charge in [-0.3, -0.25) is 9.59 Å². The summed E-state index contributed by atoms with van der Waals surface area (Å²) in [5.41, 5.74) is -5.71. The molecule has 0 saturated carbocycles. The second-order valence-corrected chi connectivity index (χ2v) is 4.89. The molecule has 0 amide bonds. The number of hydrogen-bond acceptors (Lipinski definition) is 11. The fourth-order valence-electron chi connectivity index (χ4n) is 1.40. The van der Waals surface area contributed by atoms with Crippen LogP contribution in [0, 0.1) is 0 Å². The molecule has 0 aliphatic carbocycles. The van der Waals surface area contributed by atoms with E-state index in [0.29, 0.717) is 0 Å². The van der Waals surface area contributed by atoms with Crippen molar-refractivity contribution in [1.29, 1.82) is 0 Å². The van der Waals surface area contributed by atoms with E-state index in [0.717, 1.165) is 0 Å². The van der Waals surface area contributed by atoms with E-state index in [-0.39, 0.29) is 27.9 Å². The molecule has 16 heteroatoms. The molecule has 15 nitrogen and oxygen atoms in total. The molecule has 0 aromatic rings. The molecule has 0 rings (SSSR count). The molecule has 0 aliphatic heterocycles. The molecule has 0 fully saturated rings. The van der Waals surface area contributed by atoms with E-state index in [1.54, 1.807) is 0 Å². The maximum atomic E-state index is 10.3. The average Bonchev–Trinajstić information content (AvgIpc) is 2.34. The van der Waals surface area contributed by atoms with Crippen LogP contribution in [0.1, 0.15) is 25.7 Å². The Labute approximate surface area is 170 Å². The normalized spacial score (nSPS) is 10.1. The minimum absolute atomic E-state index is 0. The Hall–Kier alpha value is -2.59. The van der Waals surface area contributed by atoms with Gasteiger partial charge in [0, 0.05) is 24.8 Å². The van der Waals surface area contributed by atoms with Gasteiger partial charge in [0.25, 0.3) is 0 Å². The zero-order chi connectivity index (χ0) is 21.3. The molecule has 0 saturated heterocycles. The Morgan fingerprint density at radius 2 is 0.929 bits per heavy atom. The molecule has 28 heavy (non-hydrogen) atoms. The molecule has 0 bridgehead atoms. The van der Waals surface area contributed by atoms with Crippen LogP contribution in [-0.4, -0.2) is 72.6 Å². The van der Waals surface area contributed by atoms with Gasteiger partial charge >= 0.3 is 39.6 Å². The first kappa shape index (κ1) is 33.0. The maximum Gasteiger partial charge on any atom is 2.00 e. The van der Waals surface area contributed by atoms with E-state index in [1.807, 2.05) is 0 Å². The third-order valence-corrected chi connectivity index (χ3v) is 2.54. The monoisotopic (exact) mass is 447 g/mol. The standard InChI is InChI=1S/2C6H8O7.H3N.Ti/c2*7-3(8)1-6(13,5(11)12)2-4(9)10;;/h2*13H,1-2H2,(H,7,8)(H,9,10)(H,11,12);1H3;/q;;;+2/p-2. The van der Waals surface area contributed by atoms with Crippen LogP contribution in [0.4, 0.5) is 0 Å². The van der Waals surface area contributed by atoms with Crippen molar-refractivity contribution in [3.05, 3.63) is 0 Å². The SMILES string of the molecule is O=C(O)CC(O)(CC(=O)O)C(=O)O.O=C([O-])CC(O)(CC(=O)[O-])C(=O)[O-].[NH4+].[Ti+2]. The first-order valence-electron chi connectivity index (χ1n) is 6.28. The van der Waals surface area contributed by atoms with E-state index < -0.39 is 72.7 Å². The quantitative estimate of drug-likeness (QED) is 0.170. The summed E-state index contributed by atoms with van der Waals surface area (Å²) in [6.45, 7) is 0. The second-order valence-electron chi connectivity index (χ2n) is 4.89. The van der Waals surface area contributed by atoms with Crippen LogP contribution in [-0.2, 0) is 50.5 Å². The van der Waals surface area contributed by atoms with E-state index in [9.17, 15) is 44.1 Å². The molecular formula is C12H17NO14Ti. The first-order chi connectivity index (χ1) is 11.6. The van der Waals surface area contributed by atoms with Crippen molar-refractivity contribution in [3.8, 4) is 0 Å². The summed E-state index contributed by atoms with van der Waals surface area (Å²) in [7, 11) is 0. The number of carbonyl (C=O) groups is 6. The van der Waals surface area contributed by atoms with Crippen molar-refractivity contribution < 1.29 is 91.3 Å². The summed E-state index contributed by atoms with van der Waals surface area (Å²) >= 11 is 0. The molecule has 9 N–H and O–H groups in total. The van der Waals surface area contributed by atoms with Gasteiger partial charge in [-0.2, -0.15) is 0 Å². The van der Waals surface area contributed by atoms with Crippen LogP contribution in [0.25, 0.3) is 0 Å². The summed E-state index contributed by atoms with van der Waals surface area (Å²) in [4.78, 5) is 60.5. The maximum absolute atomic E-state index is 10.3. The Morgan fingerprint density at radius 3 is 1.07 bits per heavy atom. The summed E-state index contributed by atoms with van der Waals surface area (Å²) in [5.74, 6) is -11.0. The van der Waals surface area contributed by atoms with Crippen molar-refractivity contribution in [1.82, 2.24) is 6.15 Å². The van der Waals surface area contributed by atoms with Crippen LogP contribution in [0.2, 0.25) is 0 Å². The summed E-state index contributed by atoms with van der Waals surface area (Å²) in [6, 6.07) is 0. The fourth-order valence-corrected chi connectivity index (χ4v) is 1.40. The molecule has 0 radical (unpaired) electrons. The van der Waals surface area contributed by atoms with Gasteiger partial charge in [-0.05, 0) is 0 Å². The van der Waals surface area contributed by atoms with Crippen LogP contribution in [0.3, 0.4) is 0 Å². The Balaban J connectivity index is -0.000000192. The summed E-state index contributed by atoms with van der Waals surface area (Å²) < 4.78 is 0. The van der Waals surface area contributed by atoms with E-state index in [2.05, 4.69) is 0 Å². The number of hydrogen-bond donors (Lipinski definition) is 6. The van der Waals surface area contributed by atoms with Crippen molar-refractivity contribution in [2.24, 2.45) is 0 Å². The molecule has 0 heterocycles. The zero-order valence-corrected chi connectivity index (χ0v) is 15.8. The molecule has 0 atom stereocenters. The van der Waals surface area contributed by atoms with Gasteiger partial charge in [0.05, 0.1) is 18.8 Å². The molecular weight excluding hydrogens is 430 g/mol. The number of rotatable bonds is 10. The number of carboxylic acids is 6. The van der Waals surface area contributed by atoms with Gasteiger partial charge < -0.3 is 61.4 Å². The van der Waals surface area contributed by atoms with Crippen molar-refractivity contribution in [3.63, 3.8) is 0 Å². The molecule has 0 aliphatic rings. The predicted octanol–water partition coefficient (Wildman–Crippen LogP) is -6.13. The number of carboxylic acid groups (broad SMARTS) is 6. The molecule has 0 unspecified atom stereocenters. The van der Waals surface area contributed by atoms with E-state index in [1.165, 1.54) is 0 Å². The molecule has 158 valence electrons. The van der Waals surface area contributed by atoms with Crippen LogP contribution in [0.5, 0.6) is 0 Å². The number of quaternary nitrogens is 1. The van der Waals surface area contributed by atoms with E-state index in [4.69, 9.17) is 25.5 Å². The summed E-state index contributed by atoms with van der Waals surface area (Å²) in [5, 5.41) is 72.7. The number of carbonyl (C=O) groups excluding carboxylic acids is 3. The van der Waals surface area contributed by atoms with Gasteiger partial charge in [-0.1, -0.05) is 0 Å². The zero-order valence-electron chi connectivity index (χ0n) is 14.2. The van der Waals surface area contributed by atoms with Crippen LogP contribution in [0.15, 0.2) is 0 Å². The van der Waals surface area contributed by atoms with Crippen molar-refractivity contribution in [2.75, 3.05) is 0 Å². The Bertz CT molecular complexity index is 519. The van der Waals surface area contributed by atoms with Gasteiger partial charge in [0.2, 0.25) is 0 Å². The third-order valence-electron chi connectivity index (χ3n) is 2.54. The Morgan fingerprint density at radius 1 is 0.643 bits per heavy atom. The van der Waals surface area contributed by atoms with Gasteiger partial charge in [0.15, 0.2) is 5.60 Å². The van der Waals surface area contributed by atoms with Gasteiger partial charge in [0.1, 0.15) is 5.60 Å². The van der Waals surface area contributed by atoms with Crippen LogP contribution >= 0.6 is 0 Å². The van der Waals surface area contributed by atoms with E-state index >= 15 is 0 Å².